The fourth-order valence-electron chi connectivity index (χ4n) is 4.49. The first-order valence-electron chi connectivity index (χ1n) is 12.0. The fourth-order valence-corrected chi connectivity index (χ4v) is 4.67. The van der Waals surface area contributed by atoms with E-state index in [2.05, 4.69) is 15.6 Å². The third kappa shape index (κ3) is 4.68. The summed E-state index contributed by atoms with van der Waals surface area (Å²) in [5.41, 5.74) is 4.68. The molecule has 186 valence electrons. The summed E-state index contributed by atoms with van der Waals surface area (Å²) in [7, 11) is 3.14. The summed E-state index contributed by atoms with van der Waals surface area (Å²) in [6.45, 7) is 1.98. The van der Waals surface area contributed by atoms with Gasteiger partial charge in [-0.15, -0.1) is 0 Å². The minimum atomic E-state index is -0.195. The van der Waals surface area contributed by atoms with Gasteiger partial charge in [0.15, 0.2) is 0 Å². The Hall–Kier alpha value is -3.78. The molecule has 1 amide bonds. The number of methoxy groups -OCH3 is 1. The zero-order valence-electron chi connectivity index (χ0n) is 20.4. The van der Waals surface area contributed by atoms with Crippen molar-refractivity contribution in [3.05, 3.63) is 58.7 Å². The molecule has 1 aliphatic rings. The number of benzene rings is 2. The largest absolute Gasteiger partial charge is 0.495 e. The van der Waals surface area contributed by atoms with E-state index in [1.807, 2.05) is 31.3 Å². The number of halogens is 1. The highest BCUT2D eigenvalue weighted by Crippen LogP contribution is 2.38. The summed E-state index contributed by atoms with van der Waals surface area (Å²) in [6.07, 6.45) is 6.31. The van der Waals surface area contributed by atoms with Gasteiger partial charge < -0.3 is 25.1 Å². The molecule has 0 aliphatic heterocycles. The predicted molar refractivity (Wildman–Crippen MR) is 142 cm³/mol. The molecule has 2 aromatic carbocycles. The van der Waals surface area contributed by atoms with Gasteiger partial charge in [0, 0.05) is 29.4 Å². The highest BCUT2D eigenvalue weighted by atomic mass is 35.5. The van der Waals surface area contributed by atoms with Gasteiger partial charge in [-0.25, -0.2) is 0 Å². The number of carbonyl (C=O) groups excluding carboxylic acids is 1. The molecule has 0 bridgehead atoms. The molecular weight excluding hydrogens is 478 g/mol. The second-order valence-electron chi connectivity index (χ2n) is 8.89. The number of amides is 1. The van der Waals surface area contributed by atoms with Gasteiger partial charge in [0.1, 0.15) is 17.5 Å². The van der Waals surface area contributed by atoms with Crippen LogP contribution in [-0.2, 0) is 0 Å². The summed E-state index contributed by atoms with van der Waals surface area (Å²) >= 11 is 6.42. The molecule has 4 aromatic rings. The number of fused-ring (bicyclic) bond motifs is 1. The van der Waals surface area contributed by atoms with Crippen molar-refractivity contribution >= 4 is 40.2 Å². The molecule has 0 atom stereocenters. The van der Waals surface area contributed by atoms with Crippen LogP contribution in [0.4, 0.5) is 11.6 Å². The van der Waals surface area contributed by atoms with Crippen LogP contribution in [0.5, 0.6) is 11.6 Å². The van der Waals surface area contributed by atoms with Crippen LogP contribution in [0.3, 0.4) is 0 Å². The highest BCUT2D eigenvalue weighted by Gasteiger charge is 2.23. The zero-order valence-corrected chi connectivity index (χ0v) is 21.2. The fraction of sp³-hybridized carbons (Fsp3) is 0.296. The van der Waals surface area contributed by atoms with E-state index >= 15 is 0 Å². The number of aryl methyl sites for hydroxylation is 1. The van der Waals surface area contributed by atoms with E-state index in [0.717, 1.165) is 47.8 Å². The molecule has 0 radical (unpaired) electrons. The lowest BCUT2D eigenvalue weighted by Crippen LogP contribution is -2.17. The number of nitrogens with one attached hydrogen (secondary N) is 3. The van der Waals surface area contributed by atoms with Crippen molar-refractivity contribution in [2.45, 2.75) is 38.7 Å². The number of anilines is 2. The molecule has 2 aromatic heterocycles. The van der Waals surface area contributed by atoms with Gasteiger partial charge in [0.25, 0.3) is 5.91 Å². The van der Waals surface area contributed by atoms with Crippen molar-refractivity contribution < 1.29 is 14.3 Å². The van der Waals surface area contributed by atoms with Gasteiger partial charge in [0.05, 0.1) is 18.2 Å². The quantitative estimate of drug-likeness (QED) is 0.284. The van der Waals surface area contributed by atoms with Crippen LogP contribution < -0.4 is 20.1 Å². The average molecular weight is 506 g/mol. The summed E-state index contributed by atoms with van der Waals surface area (Å²) in [4.78, 5) is 24.8. The first-order valence-corrected chi connectivity index (χ1v) is 12.3. The first-order chi connectivity index (χ1) is 17.5. The highest BCUT2D eigenvalue weighted by molar-refractivity contribution is 6.31. The molecule has 36 heavy (non-hydrogen) atoms. The monoisotopic (exact) mass is 505 g/mol. The minimum absolute atomic E-state index is 0.113. The van der Waals surface area contributed by atoms with Crippen LogP contribution in [-0.4, -0.2) is 41.1 Å². The molecule has 5 rings (SSSR count). The zero-order chi connectivity index (χ0) is 25.2. The molecule has 0 spiro atoms. The van der Waals surface area contributed by atoms with Gasteiger partial charge in [-0.3, -0.25) is 4.79 Å². The molecule has 0 saturated heterocycles. The topological polar surface area (TPSA) is 101 Å². The van der Waals surface area contributed by atoms with Gasteiger partial charge in [-0.2, -0.15) is 9.97 Å². The first kappa shape index (κ1) is 23.9. The Bertz CT molecular complexity index is 1430. The van der Waals surface area contributed by atoms with Crippen molar-refractivity contribution in [1.29, 1.82) is 0 Å². The number of rotatable bonds is 7. The predicted octanol–water partition coefficient (Wildman–Crippen LogP) is 6.02. The maximum absolute atomic E-state index is 12.0. The van der Waals surface area contributed by atoms with E-state index in [0.29, 0.717) is 39.5 Å². The van der Waals surface area contributed by atoms with Crippen LogP contribution in [0, 0.1) is 6.92 Å². The lowest BCUT2D eigenvalue weighted by atomic mass is 10.0. The Morgan fingerprint density at radius 3 is 2.67 bits per heavy atom. The third-order valence-corrected chi connectivity index (χ3v) is 6.91. The summed E-state index contributed by atoms with van der Waals surface area (Å²) < 4.78 is 11.9. The van der Waals surface area contributed by atoms with E-state index < -0.39 is 0 Å². The maximum atomic E-state index is 12.0. The number of aromatic amines is 1. The lowest BCUT2D eigenvalue weighted by Gasteiger charge is -2.16. The second-order valence-corrected chi connectivity index (χ2v) is 9.29. The summed E-state index contributed by atoms with van der Waals surface area (Å²) in [6, 6.07) is 11.1. The second kappa shape index (κ2) is 10.1. The van der Waals surface area contributed by atoms with Crippen molar-refractivity contribution in [3.63, 3.8) is 0 Å². The number of nitrogens with zero attached hydrogens (tertiary/aromatic N) is 2. The van der Waals surface area contributed by atoms with Gasteiger partial charge in [0.2, 0.25) is 11.8 Å². The number of hydrogen-bond donors (Lipinski definition) is 3. The molecule has 8 nitrogen and oxygen atoms in total. The van der Waals surface area contributed by atoms with E-state index in [1.165, 1.54) is 0 Å². The van der Waals surface area contributed by atoms with Gasteiger partial charge in [-0.05, 0) is 68.0 Å². The number of hydrogen-bond acceptors (Lipinski definition) is 6. The number of carbonyl (C=O) groups is 1. The summed E-state index contributed by atoms with van der Waals surface area (Å²) in [5.74, 6) is 1.18. The molecule has 9 heteroatoms. The van der Waals surface area contributed by atoms with E-state index in [1.54, 1.807) is 32.4 Å². The Morgan fingerprint density at radius 1 is 1.14 bits per heavy atom. The molecule has 2 heterocycles. The average Bonchev–Trinajstić information content (AvgIpc) is 3.55. The Morgan fingerprint density at radius 2 is 1.94 bits per heavy atom. The number of H-pyrrole nitrogens is 1. The Labute approximate surface area is 214 Å². The van der Waals surface area contributed by atoms with E-state index in [4.69, 9.17) is 31.0 Å². The summed E-state index contributed by atoms with van der Waals surface area (Å²) in [5, 5.41) is 7.36. The SMILES string of the molecule is CNC(=O)c1ccc(Nc2nc(OC3CCCC3)c3c(-c4ccc(C)c(Cl)c4)c[nH]c3n2)c(OC)c1. The van der Waals surface area contributed by atoms with E-state index in [-0.39, 0.29) is 12.0 Å². The van der Waals surface area contributed by atoms with Crippen molar-refractivity contribution in [1.82, 2.24) is 20.3 Å². The molecule has 1 aliphatic carbocycles. The Balaban J connectivity index is 1.57. The van der Waals surface area contributed by atoms with Crippen LogP contribution in [0.1, 0.15) is 41.6 Å². The minimum Gasteiger partial charge on any atom is -0.495 e. The molecule has 1 saturated carbocycles. The lowest BCUT2D eigenvalue weighted by molar-refractivity contribution is 0.0962. The molecule has 0 unspecified atom stereocenters. The molecular formula is C27H28ClN5O3. The van der Waals surface area contributed by atoms with Crippen molar-refractivity contribution in [2.24, 2.45) is 0 Å². The molecule has 1 fully saturated rings. The van der Waals surface area contributed by atoms with E-state index in [9.17, 15) is 4.79 Å². The van der Waals surface area contributed by atoms with Crippen LogP contribution in [0.25, 0.3) is 22.2 Å². The van der Waals surface area contributed by atoms with Crippen LogP contribution >= 0.6 is 11.6 Å². The normalized spacial score (nSPS) is 13.7. The van der Waals surface area contributed by atoms with Crippen molar-refractivity contribution in [3.8, 4) is 22.8 Å². The number of ether oxygens (including phenoxy) is 2. The van der Waals surface area contributed by atoms with Gasteiger partial charge >= 0.3 is 0 Å². The van der Waals surface area contributed by atoms with Crippen molar-refractivity contribution in [2.75, 3.05) is 19.5 Å². The molecule has 3 N–H and O–H groups in total. The third-order valence-electron chi connectivity index (χ3n) is 6.50. The number of aromatic nitrogens is 3. The maximum Gasteiger partial charge on any atom is 0.251 e. The van der Waals surface area contributed by atoms with Crippen LogP contribution in [0.2, 0.25) is 5.02 Å². The van der Waals surface area contributed by atoms with Gasteiger partial charge in [-0.1, -0.05) is 23.7 Å². The smallest absolute Gasteiger partial charge is 0.251 e. The Kier molecular flexibility index (Phi) is 6.69. The van der Waals surface area contributed by atoms with Crippen LogP contribution in [0.15, 0.2) is 42.6 Å². The standard InChI is InChI=1S/C27H28ClN5O3/c1-15-8-9-16(12-20(15)28)19-14-30-24-23(19)26(36-18-6-4-5-7-18)33-27(32-24)31-21-11-10-17(25(34)29-2)13-22(21)35-3/h8-14,18H,4-7H2,1-3H3,(H,29,34)(H2,30,31,32,33).